The molecule has 11 heteroatoms. The van der Waals surface area contributed by atoms with E-state index in [2.05, 4.69) is 30.3 Å². The Morgan fingerprint density at radius 1 is 1.19 bits per heavy atom. The highest BCUT2D eigenvalue weighted by Gasteiger charge is 2.20. The van der Waals surface area contributed by atoms with Gasteiger partial charge in [-0.05, 0) is 24.6 Å². The van der Waals surface area contributed by atoms with Crippen LogP contribution < -0.4 is 24.8 Å². The van der Waals surface area contributed by atoms with Crippen LogP contribution in [0.3, 0.4) is 0 Å². The Morgan fingerprint density at radius 2 is 1.97 bits per heavy atom. The van der Waals surface area contributed by atoms with Gasteiger partial charge in [-0.3, -0.25) is 9.56 Å². The minimum atomic E-state index is -2.95. The van der Waals surface area contributed by atoms with Gasteiger partial charge in [0, 0.05) is 50.4 Å². The standard InChI is InChI=1S/C21H22F2N6O3/c1-13-25-5-6-29(13)19-4-3-14(9-26-19)10-27-21(24-2)28-11-15-7-17-18(31-12-30-17)8-16(15)32-20(22)23/h3-9,20H,10-12H2,1-2H3,(H2,24,27,28). The molecule has 0 bridgehead atoms. The Morgan fingerprint density at radius 3 is 2.62 bits per heavy atom. The van der Waals surface area contributed by atoms with Crippen LogP contribution in [0.25, 0.3) is 5.82 Å². The second-order valence-corrected chi connectivity index (χ2v) is 6.84. The lowest BCUT2D eigenvalue weighted by atomic mass is 10.1. The Kier molecular flexibility index (Phi) is 6.34. The van der Waals surface area contributed by atoms with Crippen molar-refractivity contribution >= 4 is 5.96 Å². The maximum atomic E-state index is 12.8. The summed E-state index contributed by atoms with van der Waals surface area (Å²) in [4.78, 5) is 12.8. The summed E-state index contributed by atoms with van der Waals surface area (Å²) in [7, 11) is 1.62. The van der Waals surface area contributed by atoms with Crippen LogP contribution in [0.1, 0.15) is 17.0 Å². The summed E-state index contributed by atoms with van der Waals surface area (Å²) in [5, 5.41) is 6.26. The number of alkyl halides is 2. The molecule has 1 aliphatic heterocycles. The van der Waals surface area contributed by atoms with E-state index in [0.29, 0.717) is 29.6 Å². The number of halogens is 2. The van der Waals surface area contributed by atoms with Crippen molar-refractivity contribution in [2.45, 2.75) is 26.6 Å². The molecule has 9 nitrogen and oxygen atoms in total. The number of imidazole rings is 1. The number of ether oxygens (including phenoxy) is 3. The van der Waals surface area contributed by atoms with Crippen molar-refractivity contribution in [1.29, 1.82) is 0 Å². The van der Waals surface area contributed by atoms with Gasteiger partial charge in [-0.25, -0.2) is 9.97 Å². The van der Waals surface area contributed by atoms with Crippen LogP contribution in [0.5, 0.6) is 17.2 Å². The third-order valence-corrected chi connectivity index (χ3v) is 4.78. The zero-order valence-corrected chi connectivity index (χ0v) is 17.5. The number of nitrogens with zero attached hydrogens (tertiary/aromatic N) is 4. The van der Waals surface area contributed by atoms with Gasteiger partial charge in [-0.15, -0.1) is 0 Å². The molecule has 0 saturated carbocycles. The van der Waals surface area contributed by atoms with E-state index in [4.69, 9.17) is 9.47 Å². The summed E-state index contributed by atoms with van der Waals surface area (Å²) >= 11 is 0. The fraction of sp³-hybridized carbons (Fsp3) is 0.286. The minimum Gasteiger partial charge on any atom is -0.454 e. The van der Waals surface area contributed by atoms with Crippen LogP contribution in [-0.2, 0) is 13.1 Å². The van der Waals surface area contributed by atoms with Crippen molar-refractivity contribution in [3.05, 3.63) is 59.8 Å². The van der Waals surface area contributed by atoms with Crippen LogP contribution in [0.4, 0.5) is 8.78 Å². The van der Waals surface area contributed by atoms with Crippen molar-refractivity contribution in [1.82, 2.24) is 25.2 Å². The number of nitrogens with one attached hydrogen (secondary N) is 2. The van der Waals surface area contributed by atoms with Crippen LogP contribution in [-0.4, -0.2) is 40.9 Å². The Hall–Kier alpha value is -3.89. The number of aliphatic imine (C=N–C) groups is 1. The minimum absolute atomic E-state index is 0.0155. The molecule has 32 heavy (non-hydrogen) atoms. The monoisotopic (exact) mass is 444 g/mol. The molecule has 0 atom stereocenters. The van der Waals surface area contributed by atoms with E-state index in [1.165, 1.54) is 6.07 Å². The Bertz CT molecular complexity index is 1100. The first-order valence-corrected chi connectivity index (χ1v) is 9.80. The fourth-order valence-corrected chi connectivity index (χ4v) is 3.18. The highest BCUT2D eigenvalue weighted by Crippen LogP contribution is 2.38. The van der Waals surface area contributed by atoms with Crippen molar-refractivity contribution in [3.8, 4) is 23.1 Å². The second kappa shape index (κ2) is 9.50. The molecular formula is C21H22F2N6O3. The van der Waals surface area contributed by atoms with E-state index in [1.54, 1.807) is 25.5 Å². The number of aryl methyl sites for hydroxylation is 1. The maximum Gasteiger partial charge on any atom is 0.387 e. The first-order valence-electron chi connectivity index (χ1n) is 9.80. The van der Waals surface area contributed by atoms with Crippen LogP contribution in [0.2, 0.25) is 0 Å². The fourth-order valence-electron chi connectivity index (χ4n) is 3.18. The average molecular weight is 444 g/mol. The smallest absolute Gasteiger partial charge is 0.387 e. The molecule has 168 valence electrons. The molecule has 0 spiro atoms. The SMILES string of the molecule is CN=C(NCc1ccc(-n2ccnc2C)nc1)NCc1cc2c(cc1OC(F)F)OCO2. The first kappa shape index (κ1) is 21.3. The lowest BCUT2D eigenvalue weighted by molar-refractivity contribution is -0.0505. The van der Waals surface area contributed by atoms with E-state index in [0.717, 1.165) is 17.2 Å². The van der Waals surface area contributed by atoms with Crippen LogP contribution in [0.15, 0.2) is 47.8 Å². The zero-order valence-electron chi connectivity index (χ0n) is 17.5. The van der Waals surface area contributed by atoms with E-state index < -0.39 is 6.61 Å². The number of benzene rings is 1. The predicted octanol–water partition coefficient (Wildman–Crippen LogP) is 2.77. The van der Waals surface area contributed by atoms with Crippen molar-refractivity contribution in [3.63, 3.8) is 0 Å². The van der Waals surface area contributed by atoms with Gasteiger partial charge in [-0.1, -0.05) is 6.07 Å². The van der Waals surface area contributed by atoms with Crippen LogP contribution in [0, 0.1) is 6.92 Å². The molecule has 3 aromatic rings. The van der Waals surface area contributed by atoms with Crippen molar-refractivity contribution in [2.24, 2.45) is 4.99 Å². The van der Waals surface area contributed by atoms with E-state index in [1.807, 2.05) is 29.8 Å². The molecule has 2 N–H and O–H groups in total. The molecule has 1 aromatic carbocycles. The molecule has 0 unspecified atom stereocenters. The van der Waals surface area contributed by atoms with Crippen LogP contribution >= 0.6 is 0 Å². The summed E-state index contributed by atoms with van der Waals surface area (Å²) in [6.45, 7) is -0.345. The molecule has 3 heterocycles. The van der Waals surface area contributed by atoms with E-state index >= 15 is 0 Å². The molecule has 0 fully saturated rings. The third-order valence-electron chi connectivity index (χ3n) is 4.78. The quantitative estimate of drug-likeness (QED) is 0.427. The van der Waals surface area contributed by atoms with Crippen molar-refractivity contribution in [2.75, 3.05) is 13.8 Å². The largest absolute Gasteiger partial charge is 0.454 e. The van der Waals surface area contributed by atoms with Gasteiger partial charge in [0.25, 0.3) is 0 Å². The lowest BCUT2D eigenvalue weighted by Crippen LogP contribution is -2.36. The number of hydrogen-bond donors (Lipinski definition) is 2. The highest BCUT2D eigenvalue weighted by molar-refractivity contribution is 5.79. The number of guanidine groups is 1. The molecule has 0 radical (unpaired) electrons. The van der Waals surface area contributed by atoms with E-state index in [9.17, 15) is 8.78 Å². The first-order chi connectivity index (χ1) is 15.5. The lowest BCUT2D eigenvalue weighted by Gasteiger charge is -2.15. The Balaban J connectivity index is 1.37. The second-order valence-electron chi connectivity index (χ2n) is 6.84. The summed E-state index contributed by atoms with van der Waals surface area (Å²) in [6, 6.07) is 6.87. The number of pyridine rings is 1. The van der Waals surface area contributed by atoms with Crippen molar-refractivity contribution < 1.29 is 23.0 Å². The molecule has 2 aromatic heterocycles. The normalized spacial score (nSPS) is 12.8. The van der Waals surface area contributed by atoms with Gasteiger partial charge >= 0.3 is 6.61 Å². The molecule has 1 aliphatic rings. The third kappa shape index (κ3) is 4.88. The van der Waals surface area contributed by atoms with E-state index in [-0.39, 0.29) is 19.1 Å². The molecule has 0 amide bonds. The maximum absolute atomic E-state index is 12.8. The zero-order chi connectivity index (χ0) is 22.5. The van der Waals surface area contributed by atoms with Gasteiger partial charge in [0.2, 0.25) is 6.79 Å². The van der Waals surface area contributed by atoms with Gasteiger partial charge in [0.1, 0.15) is 17.4 Å². The van der Waals surface area contributed by atoms with Gasteiger partial charge in [0.15, 0.2) is 17.5 Å². The summed E-state index contributed by atoms with van der Waals surface area (Å²) in [5.41, 5.74) is 1.43. The summed E-state index contributed by atoms with van der Waals surface area (Å²) in [6.07, 6.45) is 5.34. The number of hydrogen-bond acceptors (Lipinski definition) is 6. The van der Waals surface area contributed by atoms with Gasteiger partial charge in [0.05, 0.1) is 0 Å². The van der Waals surface area contributed by atoms with Gasteiger partial charge in [-0.2, -0.15) is 8.78 Å². The molecule has 4 rings (SSSR count). The number of rotatable bonds is 7. The molecule has 0 saturated heterocycles. The summed E-state index contributed by atoms with van der Waals surface area (Å²) in [5.74, 6) is 2.98. The number of aromatic nitrogens is 3. The number of fused-ring (bicyclic) bond motifs is 1. The summed E-state index contributed by atoms with van der Waals surface area (Å²) < 4.78 is 42.7. The topological polar surface area (TPSA) is 94.8 Å². The molecular weight excluding hydrogens is 422 g/mol. The van der Waals surface area contributed by atoms with Gasteiger partial charge < -0.3 is 24.8 Å². The Labute approximate surface area is 183 Å². The molecule has 0 aliphatic carbocycles. The average Bonchev–Trinajstić information content (AvgIpc) is 3.42. The highest BCUT2D eigenvalue weighted by atomic mass is 19.3. The predicted molar refractivity (Wildman–Crippen MR) is 112 cm³/mol.